The molecule has 0 aliphatic carbocycles. The Hall–Kier alpha value is -2.35. The lowest BCUT2D eigenvalue weighted by Gasteiger charge is -2.12. The van der Waals surface area contributed by atoms with Crippen molar-refractivity contribution in [3.05, 3.63) is 18.6 Å². The maximum atomic E-state index is 11.0. The predicted octanol–water partition coefficient (Wildman–Crippen LogP) is -0.699. The van der Waals surface area contributed by atoms with Crippen LogP contribution < -0.4 is 22.3 Å². The number of primary amides is 1. The first-order valence-electron chi connectivity index (χ1n) is 4.98. The summed E-state index contributed by atoms with van der Waals surface area (Å²) in [7, 11) is 0. The quantitative estimate of drug-likeness (QED) is 0.410. The molecule has 0 bridgehead atoms. The van der Waals surface area contributed by atoms with Gasteiger partial charge >= 0.3 is 0 Å². The number of imidazole rings is 1. The maximum absolute atomic E-state index is 11.0. The molecule has 0 saturated heterocycles. The number of nitrogens with one attached hydrogen (secondary N) is 2. The third kappa shape index (κ3) is 2.11. The van der Waals surface area contributed by atoms with Crippen molar-refractivity contribution >= 4 is 23.2 Å². The van der Waals surface area contributed by atoms with Gasteiger partial charge in [0.1, 0.15) is 6.04 Å². The van der Waals surface area contributed by atoms with Gasteiger partial charge in [-0.25, -0.2) is 15.8 Å². The van der Waals surface area contributed by atoms with Gasteiger partial charge in [-0.1, -0.05) is 0 Å². The van der Waals surface area contributed by atoms with Gasteiger partial charge in [-0.2, -0.15) is 0 Å². The van der Waals surface area contributed by atoms with Crippen LogP contribution in [-0.4, -0.2) is 26.3 Å². The smallest absolute Gasteiger partial charge is 0.239 e. The fourth-order valence-electron chi connectivity index (χ4n) is 1.37. The Balaban J connectivity index is 2.43. The van der Waals surface area contributed by atoms with Crippen molar-refractivity contribution in [1.29, 1.82) is 0 Å². The van der Waals surface area contributed by atoms with Crippen molar-refractivity contribution in [3.63, 3.8) is 0 Å². The van der Waals surface area contributed by atoms with Crippen LogP contribution in [0.1, 0.15) is 6.92 Å². The van der Waals surface area contributed by atoms with E-state index in [1.165, 1.54) is 0 Å². The molecule has 0 saturated carbocycles. The number of nitrogens with two attached hydrogens (primary N) is 2. The summed E-state index contributed by atoms with van der Waals surface area (Å²) < 4.78 is 1.73. The minimum Gasteiger partial charge on any atom is -0.368 e. The van der Waals surface area contributed by atoms with Crippen molar-refractivity contribution in [1.82, 2.24) is 14.4 Å². The fraction of sp³-hybridized carbons (Fsp3) is 0.222. The van der Waals surface area contributed by atoms with Crippen LogP contribution in [0.2, 0.25) is 0 Å². The normalized spacial score (nSPS) is 12.4. The van der Waals surface area contributed by atoms with Crippen LogP contribution in [-0.2, 0) is 4.79 Å². The van der Waals surface area contributed by atoms with Crippen LogP contribution in [0.5, 0.6) is 0 Å². The van der Waals surface area contributed by atoms with Crippen LogP contribution >= 0.6 is 0 Å². The lowest BCUT2D eigenvalue weighted by Crippen LogP contribution is -2.33. The second-order valence-corrected chi connectivity index (χ2v) is 3.55. The molecule has 17 heavy (non-hydrogen) atoms. The van der Waals surface area contributed by atoms with Crippen molar-refractivity contribution in [2.75, 3.05) is 10.7 Å². The summed E-state index contributed by atoms with van der Waals surface area (Å²) in [5, 5.41) is 2.88. The number of rotatable bonds is 4. The highest BCUT2D eigenvalue weighted by molar-refractivity contribution is 5.83. The number of aromatic nitrogens is 3. The number of nitrogen functional groups attached to an aromatic ring is 1. The molecule has 0 aromatic carbocycles. The third-order valence-corrected chi connectivity index (χ3v) is 2.30. The van der Waals surface area contributed by atoms with E-state index in [9.17, 15) is 4.79 Å². The van der Waals surface area contributed by atoms with Crippen LogP contribution in [0.15, 0.2) is 18.6 Å². The summed E-state index contributed by atoms with van der Waals surface area (Å²) >= 11 is 0. The first kappa shape index (κ1) is 11.1. The second kappa shape index (κ2) is 4.26. The molecular formula is C9H13N7O. The Kier molecular flexibility index (Phi) is 2.79. The standard InChI is InChI=1S/C9H13N7O/c1-5(7(10)17)13-8-9-12-2-3-16(9)4-6(14-8)15-11/h2-5,15H,11H2,1H3,(H2,10,17)(H,13,14). The molecule has 0 fully saturated rings. The Labute approximate surface area is 97.0 Å². The van der Waals surface area contributed by atoms with E-state index >= 15 is 0 Å². The molecule has 2 aromatic rings. The molecule has 2 aromatic heterocycles. The van der Waals surface area contributed by atoms with Crippen molar-refractivity contribution in [2.24, 2.45) is 11.6 Å². The monoisotopic (exact) mass is 235 g/mol. The second-order valence-electron chi connectivity index (χ2n) is 3.55. The fourth-order valence-corrected chi connectivity index (χ4v) is 1.37. The molecule has 8 nitrogen and oxygen atoms in total. The van der Waals surface area contributed by atoms with E-state index in [1.807, 2.05) is 0 Å². The number of hydrogen-bond donors (Lipinski definition) is 4. The third-order valence-electron chi connectivity index (χ3n) is 2.30. The van der Waals surface area contributed by atoms with Gasteiger partial charge in [-0.05, 0) is 6.92 Å². The molecule has 6 N–H and O–H groups in total. The highest BCUT2D eigenvalue weighted by Gasteiger charge is 2.13. The highest BCUT2D eigenvalue weighted by Crippen LogP contribution is 2.16. The number of fused-ring (bicyclic) bond motifs is 1. The Morgan fingerprint density at radius 2 is 2.35 bits per heavy atom. The number of amides is 1. The van der Waals surface area contributed by atoms with Gasteiger partial charge in [0.2, 0.25) is 5.91 Å². The molecule has 0 aliphatic rings. The van der Waals surface area contributed by atoms with Crippen LogP contribution in [0.3, 0.4) is 0 Å². The zero-order valence-electron chi connectivity index (χ0n) is 9.21. The number of nitrogens with zero attached hydrogens (tertiary/aromatic N) is 3. The highest BCUT2D eigenvalue weighted by atomic mass is 16.1. The summed E-state index contributed by atoms with van der Waals surface area (Å²) in [5.41, 5.74) is 8.21. The minimum absolute atomic E-state index is 0.441. The van der Waals surface area contributed by atoms with Gasteiger partial charge in [0, 0.05) is 12.4 Å². The van der Waals surface area contributed by atoms with Crippen molar-refractivity contribution in [3.8, 4) is 0 Å². The minimum atomic E-state index is -0.545. The number of hydrogen-bond acceptors (Lipinski definition) is 6. The zero-order valence-corrected chi connectivity index (χ0v) is 9.21. The van der Waals surface area contributed by atoms with Gasteiger partial charge in [-0.3, -0.25) is 4.79 Å². The molecule has 0 aliphatic heterocycles. The van der Waals surface area contributed by atoms with Crippen molar-refractivity contribution in [2.45, 2.75) is 13.0 Å². The lowest BCUT2D eigenvalue weighted by molar-refractivity contribution is -0.118. The molecule has 2 heterocycles. The van der Waals surface area contributed by atoms with Gasteiger partial charge in [0.15, 0.2) is 17.3 Å². The molecule has 2 rings (SSSR count). The van der Waals surface area contributed by atoms with Crippen LogP contribution in [0.4, 0.5) is 11.6 Å². The topological polar surface area (TPSA) is 123 Å². The lowest BCUT2D eigenvalue weighted by atomic mass is 10.3. The first-order chi connectivity index (χ1) is 8.11. The summed E-state index contributed by atoms with van der Waals surface area (Å²) in [5.74, 6) is 5.73. The number of hydrazine groups is 1. The van der Waals surface area contributed by atoms with Gasteiger partial charge in [-0.15, -0.1) is 0 Å². The van der Waals surface area contributed by atoms with E-state index in [1.54, 1.807) is 29.9 Å². The van der Waals surface area contributed by atoms with E-state index in [0.717, 1.165) is 0 Å². The molecule has 1 unspecified atom stereocenters. The van der Waals surface area contributed by atoms with E-state index < -0.39 is 11.9 Å². The van der Waals surface area contributed by atoms with E-state index in [-0.39, 0.29) is 0 Å². The van der Waals surface area contributed by atoms with Crippen LogP contribution in [0.25, 0.3) is 5.65 Å². The maximum Gasteiger partial charge on any atom is 0.239 e. The zero-order chi connectivity index (χ0) is 12.4. The van der Waals surface area contributed by atoms with Gasteiger partial charge in [0.25, 0.3) is 0 Å². The van der Waals surface area contributed by atoms with E-state index in [4.69, 9.17) is 11.6 Å². The van der Waals surface area contributed by atoms with Crippen molar-refractivity contribution < 1.29 is 4.79 Å². The summed E-state index contributed by atoms with van der Waals surface area (Å²) in [6.45, 7) is 1.64. The average Bonchev–Trinajstić information content (AvgIpc) is 2.76. The molecule has 8 heteroatoms. The molecule has 0 spiro atoms. The Morgan fingerprint density at radius 1 is 1.59 bits per heavy atom. The Bertz CT molecular complexity index is 549. The summed E-state index contributed by atoms with van der Waals surface area (Å²) in [6.07, 6.45) is 5.05. The number of carbonyl (C=O) groups is 1. The van der Waals surface area contributed by atoms with E-state index in [2.05, 4.69) is 20.7 Å². The molecule has 1 atom stereocenters. The molecule has 0 radical (unpaired) electrons. The average molecular weight is 235 g/mol. The first-order valence-corrected chi connectivity index (χ1v) is 4.98. The van der Waals surface area contributed by atoms with Gasteiger partial charge < -0.3 is 20.9 Å². The Morgan fingerprint density at radius 3 is 3.00 bits per heavy atom. The summed E-state index contributed by atoms with van der Waals surface area (Å²) in [4.78, 5) is 19.3. The molecule has 1 amide bonds. The van der Waals surface area contributed by atoms with Gasteiger partial charge in [0.05, 0.1) is 6.20 Å². The van der Waals surface area contributed by atoms with Crippen LogP contribution in [0, 0.1) is 0 Å². The number of carbonyl (C=O) groups excluding carboxylic acids is 1. The SMILES string of the molecule is CC(Nc1nc(NN)cn2ccnc12)C(N)=O. The van der Waals surface area contributed by atoms with E-state index in [0.29, 0.717) is 17.3 Å². The summed E-state index contributed by atoms with van der Waals surface area (Å²) in [6, 6.07) is -0.545. The largest absolute Gasteiger partial charge is 0.368 e. The number of anilines is 2. The molecule has 90 valence electrons. The predicted molar refractivity (Wildman–Crippen MR) is 63.1 cm³/mol. The molecular weight excluding hydrogens is 222 g/mol.